The Morgan fingerprint density at radius 3 is 2.93 bits per heavy atom. The van der Waals surface area contributed by atoms with Crippen LogP contribution in [-0.2, 0) is 7.05 Å². The Hall–Kier alpha value is -3.26. The fourth-order valence-corrected chi connectivity index (χ4v) is 3.92. The van der Waals surface area contributed by atoms with Gasteiger partial charge in [0.1, 0.15) is 5.82 Å². The Morgan fingerprint density at radius 1 is 1.21 bits per heavy atom. The summed E-state index contributed by atoms with van der Waals surface area (Å²) in [5, 5.41) is 8.02. The van der Waals surface area contributed by atoms with Gasteiger partial charge in [0.05, 0.1) is 35.8 Å². The highest BCUT2D eigenvalue weighted by Gasteiger charge is 2.25. The van der Waals surface area contributed by atoms with Crippen molar-refractivity contribution in [3.63, 3.8) is 0 Å². The number of nitrogens with zero attached hydrogens (tertiary/aromatic N) is 6. The molecule has 142 valence electrons. The lowest BCUT2D eigenvalue weighted by Crippen LogP contribution is -2.17. The second kappa shape index (κ2) is 6.42. The second-order valence-electron chi connectivity index (χ2n) is 7.34. The van der Waals surface area contributed by atoms with Gasteiger partial charge in [-0.05, 0) is 44.6 Å². The third kappa shape index (κ3) is 2.82. The first-order chi connectivity index (χ1) is 13.6. The van der Waals surface area contributed by atoms with Crippen LogP contribution in [0, 0.1) is 0 Å². The van der Waals surface area contributed by atoms with Gasteiger partial charge in [-0.2, -0.15) is 5.10 Å². The van der Waals surface area contributed by atoms with Crippen LogP contribution in [0.2, 0.25) is 0 Å². The molecule has 28 heavy (non-hydrogen) atoms. The molecule has 4 heterocycles. The Bertz CT molecular complexity index is 1190. The van der Waals surface area contributed by atoms with Gasteiger partial charge in [-0.15, -0.1) is 0 Å². The highest BCUT2D eigenvalue weighted by atomic mass is 16.1. The molecule has 3 aromatic heterocycles. The van der Waals surface area contributed by atoms with Crippen LogP contribution < -0.4 is 5.32 Å². The average molecular weight is 375 g/mol. The van der Waals surface area contributed by atoms with E-state index in [0.29, 0.717) is 17.4 Å². The predicted octanol–water partition coefficient (Wildman–Crippen LogP) is 2.64. The molecule has 1 atom stereocenters. The van der Waals surface area contributed by atoms with Gasteiger partial charge in [0.25, 0.3) is 5.91 Å². The molecule has 1 aliphatic heterocycles. The summed E-state index contributed by atoms with van der Waals surface area (Å²) in [6, 6.07) is 5.88. The molecule has 1 N–H and O–H groups in total. The van der Waals surface area contributed by atoms with Crippen LogP contribution in [0.5, 0.6) is 0 Å². The fraction of sp³-hybridized carbons (Fsp3) is 0.300. The van der Waals surface area contributed by atoms with Gasteiger partial charge in [0.15, 0.2) is 5.65 Å². The first-order valence-corrected chi connectivity index (χ1v) is 9.36. The maximum atomic E-state index is 12.6. The van der Waals surface area contributed by atoms with E-state index in [4.69, 9.17) is 4.98 Å². The number of rotatable bonds is 3. The van der Waals surface area contributed by atoms with Crippen molar-refractivity contribution >= 4 is 28.3 Å². The Labute approximate surface area is 161 Å². The minimum absolute atomic E-state index is 0.200. The monoisotopic (exact) mass is 375 g/mol. The molecule has 4 aromatic rings. The van der Waals surface area contributed by atoms with Gasteiger partial charge in [0, 0.05) is 24.2 Å². The number of hydrogen-bond acceptors (Lipinski definition) is 5. The highest BCUT2D eigenvalue weighted by Crippen LogP contribution is 2.29. The highest BCUT2D eigenvalue weighted by molar-refractivity contribution is 6.05. The maximum absolute atomic E-state index is 12.6. The van der Waals surface area contributed by atoms with E-state index in [1.54, 1.807) is 29.3 Å². The van der Waals surface area contributed by atoms with E-state index in [9.17, 15) is 4.79 Å². The number of aromatic nitrogens is 5. The molecule has 1 amide bonds. The number of fused-ring (bicyclic) bond motifs is 2. The number of benzene rings is 1. The van der Waals surface area contributed by atoms with E-state index in [2.05, 4.69) is 27.3 Å². The van der Waals surface area contributed by atoms with Crippen molar-refractivity contribution in [3.8, 4) is 0 Å². The molecule has 1 fully saturated rings. The van der Waals surface area contributed by atoms with Gasteiger partial charge in [0.2, 0.25) is 0 Å². The molecule has 0 radical (unpaired) electrons. The van der Waals surface area contributed by atoms with Crippen LogP contribution in [0.1, 0.15) is 34.9 Å². The lowest BCUT2D eigenvalue weighted by Gasteiger charge is -2.16. The predicted molar refractivity (Wildman–Crippen MR) is 106 cm³/mol. The van der Waals surface area contributed by atoms with Crippen LogP contribution in [0.25, 0.3) is 16.6 Å². The number of carbonyl (C=O) groups is 1. The van der Waals surface area contributed by atoms with Crippen LogP contribution in [0.4, 0.5) is 5.82 Å². The summed E-state index contributed by atoms with van der Waals surface area (Å²) in [6.07, 6.45) is 9.59. The third-order valence-corrected chi connectivity index (χ3v) is 5.47. The minimum Gasteiger partial charge on any atom is -0.305 e. The largest absolute Gasteiger partial charge is 0.305 e. The summed E-state index contributed by atoms with van der Waals surface area (Å²) in [5.41, 5.74) is 3.39. The maximum Gasteiger partial charge on any atom is 0.256 e. The fourth-order valence-electron chi connectivity index (χ4n) is 3.92. The van der Waals surface area contributed by atoms with Gasteiger partial charge in [-0.1, -0.05) is 0 Å². The molecule has 1 saturated heterocycles. The third-order valence-electron chi connectivity index (χ3n) is 5.47. The molecule has 1 aromatic carbocycles. The van der Waals surface area contributed by atoms with Crippen molar-refractivity contribution in [2.75, 3.05) is 18.9 Å². The molecule has 8 nitrogen and oxygen atoms in total. The number of nitrogens with one attached hydrogen (secondary N) is 1. The van der Waals surface area contributed by atoms with Gasteiger partial charge in [-0.25, -0.2) is 9.97 Å². The number of anilines is 1. The van der Waals surface area contributed by atoms with E-state index in [0.717, 1.165) is 35.2 Å². The summed E-state index contributed by atoms with van der Waals surface area (Å²) in [7, 11) is 4.01. The minimum atomic E-state index is -0.200. The first-order valence-electron chi connectivity index (χ1n) is 9.36. The zero-order chi connectivity index (χ0) is 19.3. The van der Waals surface area contributed by atoms with Crippen LogP contribution >= 0.6 is 0 Å². The molecular formula is C20H21N7O. The molecule has 0 bridgehead atoms. The zero-order valence-corrected chi connectivity index (χ0v) is 15.8. The molecule has 0 aliphatic carbocycles. The van der Waals surface area contributed by atoms with Crippen LogP contribution in [-0.4, -0.2) is 48.5 Å². The summed E-state index contributed by atoms with van der Waals surface area (Å²) in [4.78, 5) is 24.0. The topological polar surface area (TPSA) is 80.4 Å². The lowest BCUT2D eigenvalue weighted by molar-refractivity contribution is 0.102. The summed E-state index contributed by atoms with van der Waals surface area (Å²) in [5.74, 6) is 0.293. The number of carbonyl (C=O) groups excluding carboxylic acids is 1. The van der Waals surface area contributed by atoms with Crippen molar-refractivity contribution in [2.24, 2.45) is 7.05 Å². The van der Waals surface area contributed by atoms with Crippen molar-refractivity contribution in [1.82, 2.24) is 29.0 Å². The number of hydrogen-bond donors (Lipinski definition) is 1. The smallest absolute Gasteiger partial charge is 0.256 e. The standard InChI is InChI=1S/C20H21N7O/c1-25-7-3-4-17(25)15-11-27-12-18(21-10-19(27)23-15)24-20(28)13-5-6-16-14(8-13)9-22-26(16)2/h5-6,8-12,17H,3-4,7H2,1-2H3,(H,24,28). The molecular weight excluding hydrogens is 354 g/mol. The number of aryl methyl sites for hydroxylation is 1. The SMILES string of the molecule is CN1CCCC1c1cn2cc(NC(=O)c3ccc4c(cnn4C)c3)ncc2n1. The second-order valence-corrected chi connectivity index (χ2v) is 7.34. The lowest BCUT2D eigenvalue weighted by atomic mass is 10.1. The Balaban J connectivity index is 1.39. The average Bonchev–Trinajstić information content (AvgIpc) is 3.39. The zero-order valence-electron chi connectivity index (χ0n) is 15.8. The molecule has 1 aliphatic rings. The first kappa shape index (κ1) is 16.9. The van der Waals surface area contributed by atoms with Crippen molar-refractivity contribution < 1.29 is 4.79 Å². The van der Waals surface area contributed by atoms with Crippen LogP contribution in [0.15, 0.2) is 43.0 Å². The Morgan fingerprint density at radius 2 is 2.11 bits per heavy atom. The molecule has 5 rings (SSSR count). The number of likely N-dealkylation sites (tertiary alicyclic amines) is 1. The van der Waals surface area contributed by atoms with Crippen molar-refractivity contribution in [2.45, 2.75) is 18.9 Å². The van der Waals surface area contributed by atoms with Crippen LogP contribution in [0.3, 0.4) is 0 Å². The van der Waals surface area contributed by atoms with Gasteiger partial charge in [-0.3, -0.25) is 14.4 Å². The summed E-state index contributed by atoms with van der Waals surface area (Å²) in [6.45, 7) is 1.10. The molecule has 1 unspecified atom stereocenters. The van der Waals surface area contributed by atoms with E-state index in [1.807, 2.05) is 29.8 Å². The number of amides is 1. The van der Waals surface area contributed by atoms with Gasteiger partial charge < -0.3 is 9.72 Å². The quantitative estimate of drug-likeness (QED) is 0.595. The van der Waals surface area contributed by atoms with E-state index in [-0.39, 0.29) is 5.91 Å². The summed E-state index contributed by atoms with van der Waals surface area (Å²) < 4.78 is 3.71. The van der Waals surface area contributed by atoms with E-state index < -0.39 is 0 Å². The Kier molecular flexibility index (Phi) is 3.87. The van der Waals surface area contributed by atoms with Gasteiger partial charge >= 0.3 is 0 Å². The van der Waals surface area contributed by atoms with Crippen molar-refractivity contribution in [1.29, 1.82) is 0 Å². The number of imidazole rings is 1. The van der Waals surface area contributed by atoms with E-state index >= 15 is 0 Å². The summed E-state index contributed by atoms with van der Waals surface area (Å²) >= 11 is 0. The normalized spacial score (nSPS) is 17.6. The molecule has 0 saturated carbocycles. The molecule has 8 heteroatoms. The van der Waals surface area contributed by atoms with Crippen molar-refractivity contribution in [3.05, 3.63) is 54.2 Å². The van der Waals surface area contributed by atoms with E-state index in [1.165, 1.54) is 6.42 Å². The molecule has 0 spiro atoms.